The molecule has 0 aromatic heterocycles. The molecule has 3 N–H and O–H groups in total. The van der Waals surface area contributed by atoms with E-state index in [1.807, 2.05) is 0 Å². The van der Waals surface area contributed by atoms with Gasteiger partial charge in [0.05, 0.1) is 26.4 Å². The third-order valence-corrected chi connectivity index (χ3v) is 19.3. The van der Waals surface area contributed by atoms with Crippen LogP contribution < -0.4 is 0 Å². The zero-order valence-corrected chi connectivity index (χ0v) is 68.6. The van der Waals surface area contributed by atoms with Gasteiger partial charge in [0.1, 0.15) is 19.3 Å². The van der Waals surface area contributed by atoms with Crippen molar-refractivity contribution in [3.8, 4) is 0 Å². The quantitative estimate of drug-likeness (QED) is 0.0169. The number of phosphoric acid groups is 2. The summed E-state index contributed by atoms with van der Waals surface area (Å²) < 4.78 is 68.7. The molecule has 5 unspecified atom stereocenters. The maximum atomic E-state index is 13.1. The van der Waals surface area contributed by atoms with Crippen LogP contribution in [-0.4, -0.2) is 96.7 Å². The summed E-state index contributed by atoms with van der Waals surface area (Å²) in [5.41, 5.74) is 0. The average molecular weight is 1530 g/mol. The molecule has 0 heterocycles. The molecule has 0 fully saturated rings. The maximum absolute atomic E-state index is 13.1. The smallest absolute Gasteiger partial charge is 0.462 e. The number of allylic oxidation sites excluding steroid dienone is 20. The number of phosphoric ester groups is 2. The van der Waals surface area contributed by atoms with Gasteiger partial charge >= 0.3 is 39.5 Å². The standard InChI is InChI=1S/C87H150O17P2/c1-5-9-13-17-21-25-29-33-37-39-40-42-45-48-52-56-60-64-68-72-85(90)98-78-83(104-87(92)74-70-66-62-58-54-50-46-41-38-34-30-26-22-18-14-10-6-2)80-102-106(95,96)100-76-81(88)75-99-105(93,94)101-79-82(103-86(91)73-69-65-61-57-53-49-44-36-32-28-24-20-16-12-8-4)77-97-84(89)71-67-63-59-55-51-47-43-35-31-27-23-19-15-11-7-3/h10-11,14-15,21-23,25-27,33-35,37-38,40,42-43,51,55,81-83,88H,5-9,12-13,16-20,24,28-32,36,39,41,44-50,52-54,56-80H2,1-4H3,(H,93,94)(H,95,96)/b14-10-,15-11-,25-21-,26-22-,27-23-,37-33-,38-34-,42-40-,43-35-,55-51-. The van der Waals surface area contributed by atoms with Gasteiger partial charge in [0.25, 0.3) is 0 Å². The van der Waals surface area contributed by atoms with Gasteiger partial charge in [-0.25, -0.2) is 9.13 Å². The second-order valence-electron chi connectivity index (χ2n) is 27.7. The summed E-state index contributed by atoms with van der Waals surface area (Å²) in [6.07, 6.45) is 87.3. The number of aliphatic hydroxyl groups excluding tert-OH is 1. The summed E-state index contributed by atoms with van der Waals surface area (Å²) in [7, 11) is -9.98. The number of ether oxygens (including phenoxy) is 4. The van der Waals surface area contributed by atoms with E-state index < -0.39 is 97.5 Å². The van der Waals surface area contributed by atoms with Crippen molar-refractivity contribution in [3.05, 3.63) is 122 Å². The zero-order valence-electron chi connectivity index (χ0n) is 66.8. The van der Waals surface area contributed by atoms with Crippen LogP contribution >= 0.6 is 15.6 Å². The van der Waals surface area contributed by atoms with E-state index in [0.717, 1.165) is 186 Å². The number of carbonyl (C=O) groups is 4. The lowest BCUT2D eigenvalue weighted by Crippen LogP contribution is -2.30. The van der Waals surface area contributed by atoms with E-state index in [-0.39, 0.29) is 25.7 Å². The minimum Gasteiger partial charge on any atom is -0.462 e. The van der Waals surface area contributed by atoms with E-state index in [1.165, 1.54) is 83.5 Å². The third kappa shape index (κ3) is 77.6. The highest BCUT2D eigenvalue weighted by atomic mass is 31.2. The lowest BCUT2D eigenvalue weighted by Gasteiger charge is -2.21. The summed E-state index contributed by atoms with van der Waals surface area (Å²) in [5, 5.41) is 10.7. The second-order valence-corrected chi connectivity index (χ2v) is 30.6. The lowest BCUT2D eigenvalue weighted by atomic mass is 10.0. The fraction of sp³-hybridized carbons (Fsp3) is 0.724. The van der Waals surface area contributed by atoms with Crippen LogP contribution in [0.25, 0.3) is 0 Å². The number of carbonyl (C=O) groups excluding carboxylic acids is 4. The summed E-state index contributed by atoms with van der Waals surface area (Å²) in [6, 6.07) is 0. The molecule has 0 spiro atoms. The molecule has 610 valence electrons. The van der Waals surface area contributed by atoms with Crippen molar-refractivity contribution in [1.82, 2.24) is 0 Å². The molecule has 0 aromatic carbocycles. The van der Waals surface area contributed by atoms with E-state index >= 15 is 0 Å². The van der Waals surface area contributed by atoms with Gasteiger partial charge in [0.15, 0.2) is 12.2 Å². The first-order valence-corrected chi connectivity index (χ1v) is 44.8. The summed E-state index contributed by atoms with van der Waals surface area (Å²) in [4.78, 5) is 73.2. The van der Waals surface area contributed by atoms with Gasteiger partial charge in [0, 0.05) is 25.7 Å². The van der Waals surface area contributed by atoms with E-state index in [1.54, 1.807) is 0 Å². The first-order valence-electron chi connectivity index (χ1n) is 41.8. The number of hydrogen-bond donors (Lipinski definition) is 3. The molecule has 17 nitrogen and oxygen atoms in total. The molecular weight excluding hydrogens is 1380 g/mol. The number of aliphatic hydroxyl groups is 1. The fourth-order valence-corrected chi connectivity index (χ4v) is 12.7. The van der Waals surface area contributed by atoms with Crippen molar-refractivity contribution in [3.63, 3.8) is 0 Å². The molecule has 0 aliphatic carbocycles. The Morgan fingerprint density at radius 2 is 0.491 bits per heavy atom. The Kier molecular flexibility index (Phi) is 75.2. The van der Waals surface area contributed by atoms with Crippen LogP contribution in [0.1, 0.15) is 349 Å². The molecule has 0 aromatic rings. The first kappa shape index (κ1) is 101. The Hall–Kier alpha value is -4.54. The predicted molar refractivity (Wildman–Crippen MR) is 436 cm³/mol. The minimum atomic E-state index is -4.99. The Bertz CT molecular complexity index is 2480. The summed E-state index contributed by atoms with van der Waals surface area (Å²) >= 11 is 0. The molecule has 19 heteroatoms. The van der Waals surface area contributed by atoms with Crippen molar-refractivity contribution in [2.45, 2.75) is 367 Å². The van der Waals surface area contributed by atoms with Crippen LogP contribution in [0, 0.1) is 0 Å². The largest absolute Gasteiger partial charge is 0.472 e. The lowest BCUT2D eigenvalue weighted by molar-refractivity contribution is -0.161. The second kappa shape index (κ2) is 78.6. The van der Waals surface area contributed by atoms with Crippen molar-refractivity contribution in [2.24, 2.45) is 0 Å². The first-order chi connectivity index (χ1) is 51.7. The molecule has 0 saturated heterocycles. The molecule has 0 aliphatic heterocycles. The number of unbranched alkanes of at least 4 members (excludes halogenated alkanes) is 32. The Morgan fingerprint density at radius 1 is 0.274 bits per heavy atom. The zero-order chi connectivity index (χ0) is 77.4. The Balaban J connectivity index is 5.40. The normalized spacial score (nSPS) is 14.4. The number of esters is 4. The summed E-state index contributed by atoms with van der Waals surface area (Å²) in [5.74, 6) is -2.23. The molecule has 0 saturated carbocycles. The van der Waals surface area contributed by atoms with E-state index in [4.69, 9.17) is 37.0 Å². The topological polar surface area (TPSA) is 237 Å². The van der Waals surface area contributed by atoms with E-state index in [9.17, 15) is 43.2 Å². The van der Waals surface area contributed by atoms with Gasteiger partial charge in [-0.2, -0.15) is 0 Å². The van der Waals surface area contributed by atoms with Gasteiger partial charge in [-0.15, -0.1) is 0 Å². The highest BCUT2D eigenvalue weighted by Gasteiger charge is 2.30. The molecule has 0 rings (SSSR count). The van der Waals surface area contributed by atoms with Crippen LogP contribution in [0.15, 0.2) is 122 Å². The van der Waals surface area contributed by atoms with Crippen LogP contribution in [0.4, 0.5) is 0 Å². The molecule has 0 aliphatic rings. The monoisotopic (exact) mass is 1530 g/mol. The molecule has 106 heavy (non-hydrogen) atoms. The van der Waals surface area contributed by atoms with Crippen LogP contribution in [0.5, 0.6) is 0 Å². The van der Waals surface area contributed by atoms with Gasteiger partial charge in [-0.3, -0.25) is 37.3 Å². The van der Waals surface area contributed by atoms with Crippen LogP contribution in [0.3, 0.4) is 0 Å². The van der Waals surface area contributed by atoms with Crippen LogP contribution in [-0.2, 0) is 65.4 Å². The van der Waals surface area contributed by atoms with E-state index in [2.05, 4.69) is 149 Å². The minimum absolute atomic E-state index is 0.0783. The molecule has 0 amide bonds. The molecule has 5 atom stereocenters. The van der Waals surface area contributed by atoms with Crippen LogP contribution in [0.2, 0.25) is 0 Å². The maximum Gasteiger partial charge on any atom is 0.472 e. The SMILES string of the molecule is CC/C=C\C/C=C\C/C=C\C/C=C\CCCCC(=O)OCC(COP(=O)(O)OCC(O)COP(=O)(O)OCC(COC(=O)CCCCCCCC/C=C\C/C=C\C/C=C\CCCCC)OC(=O)CCCCCCCCC/C=C\C/C=C\C/C=C\CC)OC(=O)CCCCCCCCCCCCCCCCC. The number of rotatable bonds is 78. The van der Waals surface area contributed by atoms with E-state index in [0.29, 0.717) is 25.7 Å². The van der Waals surface area contributed by atoms with Gasteiger partial charge in [-0.1, -0.05) is 310 Å². The molecular formula is C87H150O17P2. The Morgan fingerprint density at radius 3 is 0.792 bits per heavy atom. The van der Waals surface area contributed by atoms with Crippen molar-refractivity contribution in [1.29, 1.82) is 0 Å². The van der Waals surface area contributed by atoms with Crippen molar-refractivity contribution in [2.75, 3.05) is 39.6 Å². The van der Waals surface area contributed by atoms with Gasteiger partial charge in [-0.05, 0) is 135 Å². The van der Waals surface area contributed by atoms with Crippen molar-refractivity contribution >= 4 is 39.5 Å². The van der Waals surface area contributed by atoms with Crippen molar-refractivity contribution < 1.29 is 80.2 Å². The van der Waals surface area contributed by atoms with Gasteiger partial charge in [0.2, 0.25) is 0 Å². The third-order valence-electron chi connectivity index (χ3n) is 17.4. The fourth-order valence-electron chi connectivity index (χ4n) is 11.1. The number of hydrogen-bond acceptors (Lipinski definition) is 15. The molecule has 0 bridgehead atoms. The van der Waals surface area contributed by atoms with Gasteiger partial charge < -0.3 is 33.8 Å². The highest BCUT2D eigenvalue weighted by Crippen LogP contribution is 2.45. The molecule has 0 radical (unpaired) electrons. The predicted octanol–water partition coefficient (Wildman–Crippen LogP) is 24.7. The average Bonchev–Trinajstić information content (AvgIpc) is 0.899. The Labute approximate surface area is 644 Å². The summed E-state index contributed by atoms with van der Waals surface area (Å²) in [6.45, 7) is 4.60. The highest BCUT2D eigenvalue weighted by molar-refractivity contribution is 7.47.